The first-order chi connectivity index (χ1) is 7.77. The predicted octanol–water partition coefficient (Wildman–Crippen LogP) is 5.53. The first-order valence-corrected chi connectivity index (χ1v) is 6.64. The molecule has 3 rings (SSSR count). The molecule has 0 bridgehead atoms. The zero-order valence-corrected chi connectivity index (χ0v) is 10.6. The van der Waals surface area contributed by atoms with Crippen molar-refractivity contribution >= 4 is 54.7 Å². The summed E-state index contributed by atoms with van der Waals surface area (Å²) in [5.41, 5.74) is 0.998. The highest BCUT2D eigenvalue weighted by Crippen LogP contribution is 2.40. The van der Waals surface area contributed by atoms with Crippen LogP contribution in [0.15, 0.2) is 42.5 Å². The third-order valence-corrected chi connectivity index (χ3v) is 4.28. The van der Waals surface area contributed by atoms with Gasteiger partial charge in [0.15, 0.2) is 0 Å². The van der Waals surface area contributed by atoms with Crippen LogP contribution in [0.25, 0.3) is 20.2 Å². The summed E-state index contributed by atoms with van der Waals surface area (Å²) in [7, 11) is 0. The van der Waals surface area contributed by atoms with E-state index in [0.29, 0.717) is 0 Å². The van der Waals surface area contributed by atoms with Crippen molar-refractivity contribution in [3.8, 4) is 0 Å². The SMILES string of the molecule is ClC(Cl)c1cccc2sc3ccccc3c12. The Labute approximate surface area is 107 Å². The van der Waals surface area contributed by atoms with Crippen LogP contribution >= 0.6 is 34.5 Å². The number of halogens is 2. The summed E-state index contributed by atoms with van der Waals surface area (Å²) in [5.74, 6) is 0. The number of rotatable bonds is 1. The van der Waals surface area contributed by atoms with Crippen molar-refractivity contribution in [2.24, 2.45) is 0 Å². The minimum Gasteiger partial charge on any atom is -0.135 e. The molecule has 0 radical (unpaired) electrons. The lowest BCUT2D eigenvalue weighted by Gasteiger charge is -2.03. The molecule has 0 nitrogen and oxygen atoms in total. The zero-order valence-electron chi connectivity index (χ0n) is 8.28. The molecule has 0 N–H and O–H groups in total. The molecule has 0 unspecified atom stereocenters. The number of fused-ring (bicyclic) bond motifs is 3. The standard InChI is InChI=1S/C13H8Cl2S/c14-13(15)9-5-3-7-11-12(9)8-4-1-2-6-10(8)16-11/h1-7,13H. The Bertz CT molecular complexity index is 655. The minimum atomic E-state index is -0.471. The van der Waals surface area contributed by atoms with Crippen LogP contribution in [0.1, 0.15) is 10.4 Å². The topological polar surface area (TPSA) is 0 Å². The van der Waals surface area contributed by atoms with Crippen LogP contribution in [0.2, 0.25) is 0 Å². The van der Waals surface area contributed by atoms with Crippen molar-refractivity contribution in [2.45, 2.75) is 4.84 Å². The van der Waals surface area contributed by atoms with E-state index in [1.54, 1.807) is 11.3 Å². The van der Waals surface area contributed by atoms with Crippen molar-refractivity contribution < 1.29 is 0 Å². The Hall–Kier alpha value is -0.760. The molecule has 2 aromatic carbocycles. The Morgan fingerprint density at radius 3 is 2.44 bits per heavy atom. The van der Waals surface area contributed by atoms with E-state index in [2.05, 4.69) is 24.3 Å². The third kappa shape index (κ3) is 1.51. The highest BCUT2D eigenvalue weighted by atomic mass is 35.5. The molecule has 0 saturated heterocycles. The molecule has 1 aromatic heterocycles. The summed E-state index contributed by atoms with van der Waals surface area (Å²) >= 11 is 13.8. The van der Waals surface area contributed by atoms with Gasteiger partial charge < -0.3 is 0 Å². The van der Waals surface area contributed by atoms with Crippen LogP contribution in [-0.2, 0) is 0 Å². The average Bonchev–Trinajstić information content (AvgIpc) is 2.66. The molecule has 0 aliphatic rings. The van der Waals surface area contributed by atoms with Crippen LogP contribution in [0.5, 0.6) is 0 Å². The average molecular weight is 267 g/mol. The van der Waals surface area contributed by atoms with Crippen LogP contribution < -0.4 is 0 Å². The van der Waals surface area contributed by atoms with Crippen LogP contribution in [0.3, 0.4) is 0 Å². The van der Waals surface area contributed by atoms with E-state index in [-0.39, 0.29) is 0 Å². The molecule has 3 aromatic rings. The first kappa shape index (κ1) is 10.4. The van der Waals surface area contributed by atoms with E-state index in [0.717, 1.165) is 5.56 Å². The van der Waals surface area contributed by atoms with Gasteiger partial charge in [-0.05, 0) is 17.7 Å². The lowest BCUT2D eigenvalue weighted by Crippen LogP contribution is -1.81. The van der Waals surface area contributed by atoms with Crippen LogP contribution in [-0.4, -0.2) is 0 Å². The van der Waals surface area contributed by atoms with E-state index in [1.807, 2.05) is 18.2 Å². The molecule has 0 fully saturated rings. The fourth-order valence-electron chi connectivity index (χ4n) is 1.98. The smallest absolute Gasteiger partial charge is 0.133 e. The van der Waals surface area contributed by atoms with Gasteiger partial charge in [0, 0.05) is 20.2 Å². The van der Waals surface area contributed by atoms with Gasteiger partial charge >= 0.3 is 0 Å². The quantitative estimate of drug-likeness (QED) is 0.508. The van der Waals surface area contributed by atoms with Gasteiger partial charge in [0.2, 0.25) is 0 Å². The molecule has 3 heteroatoms. The number of hydrogen-bond donors (Lipinski definition) is 0. The molecule has 0 amide bonds. The molecule has 16 heavy (non-hydrogen) atoms. The Morgan fingerprint density at radius 2 is 1.62 bits per heavy atom. The van der Waals surface area contributed by atoms with E-state index >= 15 is 0 Å². The normalized spacial score (nSPS) is 11.7. The number of alkyl halides is 2. The third-order valence-electron chi connectivity index (χ3n) is 2.67. The van der Waals surface area contributed by atoms with Crippen LogP contribution in [0, 0.1) is 0 Å². The van der Waals surface area contributed by atoms with Gasteiger partial charge in [-0.25, -0.2) is 0 Å². The fraction of sp³-hybridized carbons (Fsp3) is 0.0769. The molecule has 0 spiro atoms. The lowest BCUT2D eigenvalue weighted by molar-refractivity contribution is 1.40. The van der Waals surface area contributed by atoms with E-state index < -0.39 is 4.84 Å². The molecule has 0 atom stereocenters. The number of thiophene rings is 1. The molecule has 0 aliphatic heterocycles. The summed E-state index contributed by atoms with van der Waals surface area (Å²) in [4.78, 5) is -0.471. The largest absolute Gasteiger partial charge is 0.135 e. The summed E-state index contributed by atoms with van der Waals surface area (Å²) in [6.07, 6.45) is 0. The molecule has 0 aliphatic carbocycles. The van der Waals surface area contributed by atoms with Crippen molar-refractivity contribution in [1.82, 2.24) is 0 Å². The molecular formula is C13H8Cl2S. The molecular weight excluding hydrogens is 259 g/mol. The molecule has 1 heterocycles. The van der Waals surface area contributed by atoms with E-state index in [9.17, 15) is 0 Å². The van der Waals surface area contributed by atoms with Crippen LogP contribution in [0.4, 0.5) is 0 Å². The van der Waals surface area contributed by atoms with E-state index in [1.165, 1.54) is 20.2 Å². The maximum atomic E-state index is 6.01. The van der Waals surface area contributed by atoms with E-state index in [4.69, 9.17) is 23.2 Å². The van der Waals surface area contributed by atoms with Gasteiger partial charge in [0.25, 0.3) is 0 Å². The number of hydrogen-bond acceptors (Lipinski definition) is 1. The summed E-state index contributed by atoms with van der Waals surface area (Å²) in [5, 5.41) is 2.43. The van der Waals surface area contributed by atoms with Crippen molar-refractivity contribution in [3.05, 3.63) is 48.0 Å². The second kappa shape index (κ2) is 3.92. The van der Waals surface area contributed by atoms with Gasteiger partial charge in [-0.15, -0.1) is 34.5 Å². The highest BCUT2D eigenvalue weighted by molar-refractivity contribution is 7.25. The van der Waals surface area contributed by atoms with Crippen molar-refractivity contribution in [3.63, 3.8) is 0 Å². The molecule has 80 valence electrons. The van der Waals surface area contributed by atoms with Gasteiger partial charge in [-0.2, -0.15) is 0 Å². The second-order valence-electron chi connectivity index (χ2n) is 3.62. The van der Waals surface area contributed by atoms with Gasteiger partial charge in [-0.3, -0.25) is 0 Å². The predicted molar refractivity (Wildman–Crippen MR) is 73.8 cm³/mol. The Kier molecular flexibility index (Phi) is 2.55. The zero-order chi connectivity index (χ0) is 11.1. The van der Waals surface area contributed by atoms with Crippen molar-refractivity contribution in [1.29, 1.82) is 0 Å². The lowest BCUT2D eigenvalue weighted by atomic mass is 10.1. The first-order valence-electron chi connectivity index (χ1n) is 4.95. The summed E-state index contributed by atoms with van der Waals surface area (Å²) < 4.78 is 2.52. The monoisotopic (exact) mass is 266 g/mol. The number of benzene rings is 2. The van der Waals surface area contributed by atoms with Gasteiger partial charge in [0.1, 0.15) is 4.84 Å². The van der Waals surface area contributed by atoms with Gasteiger partial charge in [0.05, 0.1) is 0 Å². The maximum absolute atomic E-state index is 6.01. The summed E-state index contributed by atoms with van der Waals surface area (Å²) in [6.45, 7) is 0. The Balaban J connectivity index is 2.53. The fourth-order valence-corrected chi connectivity index (χ4v) is 3.49. The second-order valence-corrected chi connectivity index (χ2v) is 5.80. The van der Waals surface area contributed by atoms with Crippen molar-refractivity contribution in [2.75, 3.05) is 0 Å². The minimum absolute atomic E-state index is 0.471. The Morgan fingerprint density at radius 1 is 0.875 bits per heavy atom. The molecule has 0 saturated carbocycles. The maximum Gasteiger partial charge on any atom is 0.133 e. The van der Waals surface area contributed by atoms with Gasteiger partial charge in [-0.1, -0.05) is 30.3 Å². The highest BCUT2D eigenvalue weighted by Gasteiger charge is 2.12. The summed E-state index contributed by atoms with van der Waals surface area (Å²) in [6, 6.07) is 14.4.